The van der Waals surface area contributed by atoms with Gasteiger partial charge in [0.25, 0.3) is 5.91 Å². The molecule has 0 aliphatic carbocycles. The highest BCUT2D eigenvalue weighted by Crippen LogP contribution is 2.26. The molecule has 0 bridgehead atoms. The van der Waals surface area contributed by atoms with Gasteiger partial charge in [0, 0.05) is 30.3 Å². The number of carbonyl (C=O) groups is 1. The van der Waals surface area contributed by atoms with Crippen LogP contribution in [0.2, 0.25) is 5.02 Å². The van der Waals surface area contributed by atoms with Crippen molar-refractivity contribution >= 4 is 28.8 Å². The van der Waals surface area contributed by atoms with E-state index in [1.165, 1.54) is 18.4 Å². The molecule has 1 heterocycles. The van der Waals surface area contributed by atoms with Crippen molar-refractivity contribution < 1.29 is 19.0 Å². The molecule has 8 heteroatoms. The second-order valence-corrected chi connectivity index (χ2v) is 9.01. The summed E-state index contributed by atoms with van der Waals surface area (Å²) in [5.41, 5.74) is 0.224. The molecule has 0 N–H and O–H groups in total. The van der Waals surface area contributed by atoms with Gasteiger partial charge >= 0.3 is 0 Å². The fourth-order valence-electron chi connectivity index (χ4n) is 2.44. The maximum Gasteiger partial charge on any atom is 0.283 e. The standard InChI is InChI=1S/C20H27ClN2O4S/c1-19(2,3)16-11-23(12-20(4,26-6)27-7)18(28-16)22-17(24)14-10-13(21)8-9-15(14)25-5/h8-11H,12H2,1-7H3. The smallest absolute Gasteiger partial charge is 0.283 e. The van der Waals surface area contributed by atoms with Gasteiger partial charge in [0.1, 0.15) is 5.75 Å². The Kier molecular flexibility index (Phi) is 7.09. The summed E-state index contributed by atoms with van der Waals surface area (Å²) < 4.78 is 18.1. The van der Waals surface area contributed by atoms with E-state index in [1.54, 1.807) is 32.4 Å². The molecule has 1 aromatic heterocycles. The molecule has 0 aliphatic rings. The molecule has 6 nitrogen and oxygen atoms in total. The summed E-state index contributed by atoms with van der Waals surface area (Å²) in [6.07, 6.45) is 1.99. The predicted molar refractivity (Wildman–Crippen MR) is 111 cm³/mol. The van der Waals surface area contributed by atoms with Gasteiger partial charge in [0.15, 0.2) is 10.6 Å². The summed E-state index contributed by atoms with van der Waals surface area (Å²) >= 11 is 7.51. The lowest BCUT2D eigenvalue weighted by Crippen LogP contribution is -2.37. The third-order valence-corrected chi connectivity index (χ3v) is 6.05. The predicted octanol–water partition coefficient (Wildman–Crippen LogP) is 4.26. The first kappa shape index (κ1) is 22.6. The molecule has 28 heavy (non-hydrogen) atoms. The summed E-state index contributed by atoms with van der Waals surface area (Å²) in [6.45, 7) is 8.55. The first-order valence-corrected chi connectivity index (χ1v) is 9.96. The van der Waals surface area contributed by atoms with E-state index in [-0.39, 0.29) is 5.41 Å². The molecule has 0 radical (unpaired) electrons. The summed E-state index contributed by atoms with van der Waals surface area (Å²) in [4.78, 5) is 18.9. The molecule has 1 aromatic carbocycles. The van der Waals surface area contributed by atoms with Crippen molar-refractivity contribution in [2.75, 3.05) is 21.3 Å². The molecule has 2 rings (SSSR count). The van der Waals surface area contributed by atoms with E-state index in [4.69, 9.17) is 25.8 Å². The van der Waals surface area contributed by atoms with Crippen molar-refractivity contribution in [1.82, 2.24) is 4.57 Å². The summed E-state index contributed by atoms with van der Waals surface area (Å²) in [5, 5.41) is 0.445. The number of halogens is 1. The summed E-state index contributed by atoms with van der Waals surface area (Å²) in [6, 6.07) is 4.88. The topological polar surface area (TPSA) is 62.0 Å². The maximum atomic E-state index is 12.9. The highest BCUT2D eigenvalue weighted by atomic mass is 35.5. The van der Waals surface area contributed by atoms with Crippen LogP contribution in [0.4, 0.5) is 0 Å². The normalized spacial score (nSPS) is 13.1. The number of thiazole rings is 1. The molecule has 0 saturated carbocycles. The third-order valence-electron chi connectivity index (χ3n) is 4.37. The Bertz CT molecular complexity index is 908. The first-order valence-electron chi connectivity index (χ1n) is 8.76. The van der Waals surface area contributed by atoms with Gasteiger partial charge in [-0.25, -0.2) is 0 Å². The quantitative estimate of drug-likeness (QED) is 0.647. The molecule has 154 valence electrons. The number of hydrogen-bond donors (Lipinski definition) is 0. The first-order chi connectivity index (χ1) is 13.0. The van der Waals surface area contributed by atoms with E-state index >= 15 is 0 Å². The fourth-order valence-corrected chi connectivity index (χ4v) is 3.66. The lowest BCUT2D eigenvalue weighted by atomic mass is 9.95. The Morgan fingerprint density at radius 3 is 2.36 bits per heavy atom. The number of amides is 1. The minimum absolute atomic E-state index is 0.0898. The van der Waals surface area contributed by atoms with Gasteiger partial charge in [-0.15, -0.1) is 11.3 Å². The zero-order chi connectivity index (χ0) is 21.1. The number of nitrogens with zero attached hydrogens (tertiary/aromatic N) is 2. The van der Waals surface area contributed by atoms with Gasteiger partial charge in [0.2, 0.25) is 0 Å². The molecule has 0 aliphatic heterocycles. The van der Waals surface area contributed by atoms with Crippen molar-refractivity contribution in [2.45, 2.75) is 45.4 Å². The SMILES string of the molecule is COc1ccc(Cl)cc1C(=O)N=c1sc(C(C)(C)C)cn1CC(C)(OC)OC. The van der Waals surface area contributed by atoms with Gasteiger partial charge < -0.3 is 18.8 Å². The molecular formula is C20H27ClN2O4S. The summed E-state index contributed by atoms with van der Waals surface area (Å²) in [7, 11) is 4.67. The molecule has 0 spiro atoms. The highest BCUT2D eigenvalue weighted by molar-refractivity contribution is 7.09. The Labute approximate surface area is 174 Å². The Morgan fingerprint density at radius 1 is 1.18 bits per heavy atom. The van der Waals surface area contributed by atoms with Gasteiger partial charge in [-0.2, -0.15) is 4.99 Å². The minimum atomic E-state index is -0.845. The zero-order valence-corrected chi connectivity index (χ0v) is 18.9. The summed E-state index contributed by atoms with van der Waals surface area (Å²) in [5.74, 6) is -0.843. The number of aromatic nitrogens is 1. The third kappa shape index (κ3) is 5.23. The van der Waals surface area contributed by atoms with Gasteiger partial charge in [0.05, 0.1) is 19.2 Å². The largest absolute Gasteiger partial charge is 0.496 e. The molecule has 0 fully saturated rings. The zero-order valence-electron chi connectivity index (χ0n) is 17.3. The van der Waals surface area contributed by atoms with Gasteiger partial charge in [-0.05, 0) is 30.5 Å². The van der Waals surface area contributed by atoms with Crippen molar-refractivity contribution in [2.24, 2.45) is 4.99 Å². The van der Waals surface area contributed by atoms with Crippen molar-refractivity contribution in [3.05, 3.63) is 44.7 Å². The number of carbonyl (C=O) groups excluding carboxylic acids is 1. The molecule has 2 aromatic rings. The van der Waals surface area contributed by atoms with Gasteiger partial charge in [-0.1, -0.05) is 32.4 Å². The highest BCUT2D eigenvalue weighted by Gasteiger charge is 2.26. The molecule has 0 saturated heterocycles. The Morgan fingerprint density at radius 2 is 1.82 bits per heavy atom. The second kappa shape index (κ2) is 8.78. The van der Waals surface area contributed by atoms with Gasteiger partial charge in [-0.3, -0.25) is 4.79 Å². The van der Waals surface area contributed by atoms with Crippen LogP contribution < -0.4 is 9.54 Å². The number of hydrogen-bond acceptors (Lipinski definition) is 5. The average Bonchev–Trinajstić information content (AvgIpc) is 3.04. The second-order valence-electron chi connectivity index (χ2n) is 7.56. The van der Waals surface area contributed by atoms with Crippen LogP contribution in [0, 0.1) is 0 Å². The van der Waals surface area contributed by atoms with Crippen LogP contribution in [0.25, 0.3) is 0 Å². The number of rotatable bonds is 6. The van der Waals surface area contributed by atoms with E-state index in [1.807, 2.05) is 17.7 Å². The van der Waals surface area contributed by atoms with E-state index < -0.39 is 11.7 Å². The van der Waals surface area contributed by atoms with Crippen LogP contribution >= 0.6 is 22.9 Å². The van der Waals surface area contributed by atoms with Crippen LogP contribution in [0.3, 0.4) is 0 Å². The van der Waals surface area contributed by atoms with E-state index in [2.05, 4.69) is 25.8 Å². The fraction of sp³-hybridized carbons (Fsp3) is 0.500. The van der Waals surface area contributed by atoms with E-state index in [9.17, 15) is 4.79 Å². The molecular weight excluding hydrogens is 400 g/mol. The number of benzene rings is 1. The Hall–Kier alpha value is -1.67. The lowest BCUT2D eigenvalue weighted by molar-refractivity contribution is -0.201. The Balaban J connectivity index is 2.58. The number of ether oxygens (including phenoxy) is 3. The van der Waals surface area contributed by atoms with Crippen LogP contribution in [-0.2, 0) is 21.4 Å². The van der Waals surface area contributed by atoms with Crippen LogP contribution in [0.5, 0.6) is 5.75 Å². The van der Waals surface area contributed by atoms with E-state index in [0.29, 0.717) is 27.7 Å². The molecule has 0 atom stereocenters. The van der Waals surface area contributed by atoms with Crippen molar-refractivity contribution in [3.8, 4) is 5.75 Å². The molecule has 0 unspecified atom stereocenters. The van der Waals surface area contributed by atoms with Crippen LogP contribution in [0.15, 0.2) is 29.4 Å². The van der Waals surface area contributed by atoms with Crippen LogP contribution in [0.1, 0.15) is 42.9 Å². The average molecular weight is 427 g/mol. The van der Waals surface area contributed by atoms with Crippen LogP contribution in [-0.4, -0.2) is 37.6 Å². The number of methoxy groups -OCH3 is 3. The minimum Gasteiger partial charge on any atom is -0.496 e. The van der Waals surface area contributed by atoms with E-state index in [0.717, 1.165) is 4.88 Å². The van der Waals surface area contributed by atoms with Crippen molar-refractivity contribution in [3.63, 3.8) is 0 Å². The monoisotopic (exact) mass is 426 g/mol. The van der Waals surface area contributed by atoms with Crippen molar-refractivity contribution in [1.29, 1.82) is 0 Å². The maximum absolute atomic E-state index is 12.9. The molecule has 1 amide bonds. The lowest BCUT2D eigenvalue weighted by Gasteiger charge is -2.26.